The highest BCUT2D eigenvalue weighted by Crippen LogP contribution is 2.26. The van der Waals surface area contributed by atoms with Crippen molar-refractivity contribution in [3.63, 3.8) is 0 Å². The molecule has 0 aliphatic heterocycles. The summed E-state index contributed by atoms with van der Waals surface area (Å²) < 4.78 is 0. The van der Waals surface area contributed by atoms with Gasteiger partial charge in [0, 0.05) is 14.1 Å². The molecule has 0 saturated carbocycles. The molecule has 0 spiro atoms. The van der Waals surface area contributed by atoms with Gasteiger partial charge in [0.05, 0.1) is 11.1 Å². The van der Waals surface area contributed by atoms with Gasteiger partial charge < -0.3 is 14.8 Å². The molecule has 0 atom stereocenters. The van der Waals surface area contributed by atoms with Crippen molar-refractivity contribution in [3.05, 3.63) is 10.0 Å². The van der Waals surface area contributed by atoms with E-state index in [9.17, 15) is 4.79 Å². The van der Waals surface area contributed by atoms with Gasteiger partial charge in [-0.05, 0) is 0 Å². The Kier molecular flexibility index (Phi) is 4.51. The molecule has 0 aromatic carbocycles. The Morgan fingerprint density at radius 2 is 2.44 bits per heavy atom. The van der Waals surface area contributed by atoms with Gasteiger partial charge in [-0.2, -0.15) is 0 Å². The fraction of sp³-hybridized carbons (Fsp3) is 0.375. The quantitative estimate of drug-likeness (QED) is 0.640. The minimum atomic E-state index is -1.08. The van der Waals surface area contributed by atoms with Crippen molar-refractivity contribution >= 4 is 40.3 Å². The van der Waals surface area contributed by atoms with E-state index in [1.165, 1.54) is 17.6 Å². The van der Waals surface area contributed by atoms with E-state index < -0.39 is 12.6 Å². The van der Waals surface area contributed by atoms with Crippen molar-refractivity contribution < 1.29 is 14.7 Å². The zero-order valence-electron chi connectivity index (χ0n) is 8.68. The van der Waals surface area contributed by atoms with E-state index >= 15 is 0 Å². The van der Waals surface area contributed by atoms with Gasteiger partial charge in [0.15, 0.2) is 10.3 Å². The van der Waals surface area contributed by atoms with E-state index in [2.05, 4.69) is 15.0 Å². The number of halogens is 1. The minimum absolute atomic E-state index is 0.316. The van der Waals surface area contributed by atoms with Gasteiger partial charge in [0.25, 0.3) is 0 Å². The number of oxime groups is 1. The lowest BCUT2D eigenvalue weighted by Gasteiger charge is -2.04. The second-order valence-electron chi connectivity index (χ2n) is 2.95. The Morgan fingerprint density at radius 1 is 1.75 bits per heavy atom. The van der Waals surface area contributed by atoms with Crippen LogP contribution >= 0.6 is 22.9 Å². The first kappa shape index (κ1) is 12.7. The van der Waals surface area contributed by atoms with Crippen LogP contribution in [-0.2, 0) is 9.63 Å². The summed E-state index contributed by atoms with van der Waals surface area (Å²) in [5.74, 6) is -1.08. The predicted molar refractivity (Wildman–Crippen MR) is 62.6 cm³/mol. The number of carbonyl (C=O) groups is 1. The predicted octanol–water partition coefficient (Wildman–Crippen LogP) is 1.30. The first-order valence-electron chi connectivity index (χ1n) is 4.21. The van der Waals surface area contributed by atoms with E-state index in [0.29, 0.717) is 10.0 Å². The molecule has 1 aromatic heterocycles. The maximum Gasteiger partial charge on any atom is 0.344 e. The Bertz CT molecular complexity index is 405. The molecule has 1 N–H and O–H groups in total. The number of aromatic nitrogens is 1. The summed E-state index contributed by atoms with van der Waals surface area (Å²) >= 11 is 7.17. The summed E-state index contributed by atoms with van der Waals surface area (Å²) in [6.45, 7) is -0.479. The molecule has 8 heteroatoms. The number of rotatable bonds is 5. The molecular weight excluding hydrogens is 254 g/mol. The molecule has 0 bridgehead atoms. The minimum Gasteiger partial charge on any atom is -0.479 e. The topological polar surface area (TPSA) is 75.0 Å². The summed E-state index contributed by atoms with van der Waals surface area (Å²) in [6, 6.07) is 0. The number of carboxylic acids is 1. The van der Waals surface area contributed by atoms with E-state index in [-0.39, 0.29) is 0 Å². The normalized spacial score (nSPS) is 10.7. The number of carboxylic acid groups (broad SMARTS) is 1. The Labute approximate surface area is 101 Å². The zero-order chi connectivity index (χ0) is 12.1. The SMILES string of the molecule is CN(C)c1nc(Cl)c(C=NOCC(=O)O)s1. The molecule has 0 saturated heterocycles. The average molecular weight is 264 g/mol. The van der Waals surface area contributed by atoms with Crippen LogP contribution in [0.5, 0.6) is 0 Å². The number of anilines is 1. The third-order valence-electron chi connectivity index (χ3n) is 1.41. The average Bonchev–Trinajstić information content (AvgIpc) is 2.55. The molecule has 1 heterocycles. The first-order valence-corrected chi connectivity index (χ1v) is 5.41. The standard InChI is InChI=1S/C8H10ClN3O3S/c1-12(2)8-11-7(9)5(16-8)3-10-15-4-6(13)14/h3H,4H2,1-2H3,(H,13,14). The monoisotopic (exact) mass is 263 g/mol. The molecule has 0 fully saturated rings. The van der Waals surface area contributed by atoms with Crippen molar-refractivity contribution in [1.29, 1.82) is 0 Å². The van der Waals surface area contributed by atoms with Crippen LogP contribution in [0, 0.1) is 0 Å². The van der Waals surface area contributed by atoms with Crippen LogP contribution < -0.4 is 4.90 Å². The van der Waals surface area contributed by atoms with Crippen LogP contribution in [0.4, 0.5) is 5.13 Å². The summed E-state index contributed by atoms with van der Waals surface area (Å²) in [5.41, 5.74) is 0. The van der Waals surface area contributed by atoms with Crippen LogP contribution in [0.25, 0.3) is 0 Å². The molecule has 0 amide bonds. The van der Waals surface area contributed by atoms with Gasteiger partial charge in [-0.25, -0.2) is 9.78 Å². The number of nitrogens with zero attached hydrogens (tertiary/aromatic N) is 3. The van der Waals surface area contributed by atoms with Gasteiger partial charge >= 0.3 is 5.97 Å². The molecule has 0 unspecified atom stereocenters. The molecule has 0 aliphatic rings. The molecular formula is C8H10ClN3O3S. The lowest BCUT2D eigenvalue weighted by atomic mass is 10.6. The van der Waals surface area contributed by atoms with Crippen molar-refractivity contribution in [1.82, 2.24) is 4.98 Å². The lowest BCUT2D eigenvalue weighted by molar-refractivity contribution is -0.142. The van der Waals surface area contributed by atoms with Gasteiger partial charge in [-0.1, -0.05) is 28.1 Å². The number of hydrogen-bond donors (Lipinski definition) is 1. The first-order chi connectivity index (χ1) is 7.50. The van der Waals surface area contributed by atoms with E-state index in [4.69, 9.17) is 16.7 Å². The van der Waals surface area contributed by atoms with Crippen LogP contribution in [-0.4, -0.2) is 43.0 Å². The third-order valence-corrected chi connectivity index (χ3v) is 2.97. The fourth-order valence-corrected chi connectivity index (χ4v) is 1.79. The highest BCUT2D eigenvalue weighted by Gasteiger charge is 2.08. The Morgan fingerprint density at radius 3 is 2.94 bits per heavy atom. The number of hydrogen-bond acceptors (Lipinski definition) is 6. The van der Waals surface area contributed by atoms with Crippen LogP contribution in [0.15, 0.2) is 5.16 Å². The summed E-state index contributed by atoms with van der Waals surface area (Å²) in [5, 5.41) is 12.8. The fourth-order valence-electron chi connectivity index (χ4n) is 0.751. The van der Waals surface area contributed by atoms with Crippen molar-refractivity contribution in [3.8, 4) is 0 Å². The third kappa shape index (κ3) is 3.67. The van der Waals surface area contributed by atoms with Crippen molar-refractivity contribution in [2.75, 3.05) is 25.6 Å². The highest BCUT2D eigenvalue weighted by atomic mass is 35.5. The molecule has 16 heavy (non-hydrogen) atoms. The van der Waals surface area contributed by atoms with E-state index in [1.54, 1.807) is 0 Å². The molecule has 0 aliphatic carbocycles. The molecule has 0 radical (unpaired) electrons. The Balaban J connectivity index is 2.63. The summed E-state index contributed by atoms with van der Waals surface area (Å²) in [4.78, 5) is 21.1. The van der Waals surface area contributed by atoms with Crippen LogP contribution in [0.3, 0.4) is 0 Å². The second-order valence-corrected chi connectivity index (χ2v) is 4.31. The zero-order valence-corrected chi connectivity index (χ0v) is 10.2. The van der Waals surface area contributed by atoms with Gasteiger partial charge in [-0.15, -0.1) is 0 Å². The maximum absolute atomic E-state index is 10.1. The van der Waals surface area contributed by atoms with Gasteiger partial charge in [0.2, 0.25) is 6.61 Å². The van der Waals surface area contributed by atoms with E-state index in [0.717, 1.165) is 5.13 Å². The largest absolute Gasteiger partial charge is 0.479 e. The van der Waals surface area contributed by atoms with Crippen molar-refractivity contribution in [2.24, 2.45) is 5.16 Å². The second kappa shape index (κ2) is 5.66. The Hall–Kier alpha value is -1.34. The van der Waals surface area contributed by atoms with E-state index in [1.807, 2.05) is 19.0 Å². The summed E-state index contributed by atoms with van der Waals surface area (Å²) in [7, 11) is 3.69. The summed E-state index contributed by atoms with van der Waals surface area (Å²) in [6.07, 6.45) is 1.34. The highest BCUT2D eigenvalue weighted by molar-refractivity contribution is 7.17. The van der Waals surface area contributed by atoms with Crippen LogP contribution in [0.2, 0.25) is 5.15 Å². The number of thiazole rings is 1. The lowest BCUT2D eigenvalue weighted by Crippen LogP contribution is -2.07. The molecule has 88 valence electrons. The molecule has 1 aromatic rings. The smallest absolute Gasteiger partial charge is 0.344 e. The molecule has 1 rings (SSSR count). The maximum atomic E-state index is 10.1. The molecule has 6 nitrogen and oxygen atoms in total. The number of aliphatic carboxylic acids is 1. The van der Waals surface area contributed by atoms with Gasteiger partial charge in [0.1, 0.15) is 0 Å². The van der Waals surface area contributed by atoms with Crippen LogP contribution in [0.1, 0.15) is 4.88 Å². The van der Waals surface area contributed by atoms with Gasteiger partial charge in [-0.3, -0.25) is 0 Å². The van der Waals surface area contributed by atoms with Crippen molar-refractivity contribution in [2.45, 2.75) is 0 Å².